The van der Waals surface area contributed by atoms with Gasteiger partial charge in [0.05, 0.1) is 14.2 Å². The zero-order chi connectivity index (χ0) is 18.4. The number of piperidine rings is 1. The van der Waals surface area contributed by atoms with Crippen LogP contribution in [0.2, 0.25) is 0 Å². The van der Waals surface area contributed by atoms with Crippen molar-refractivity contribution in [3.05, 3.63) is 59.2 Å². The quantitative estimate of drug-likeness (QED) is 0.837. The Kier molecular flexibility index (Phi) is 6.12. The van der Waals surface area contributed by atoms with Crippen molar-refractivity contribution in [2.45, 2.75) is 25.3 Å². The van der Waals surface area contributed by atoms with E-state index in [9.17, 15) is 4.79 Å². The number of benzene rings is 2. The van der Waals surface area contributed by atoms with Gasteiger partial charge in [-0.15, -0.1) is 0 Å². The SMILES string of the molecule is COc1ccc(CNC(=O)c2ccc([C@@H]3CCCNC3)cc2)cc1OC. The maximum atomic E-state index is 12.4. The van der Waals surface area contributed by atoms with Gasteiger partial charge < -0.3 is 20.1 Å². The summed E-state index contributed by atoms with van der Waals surface area (Å²) in [4.78, 5) is 12.4. The minimum absolute atomic E-state index is 0.0758. The number of nitrogens with one attached hydrogen (secondary N) is 2. The summed E-state index contributed by atoms with van der Waals surface area (Å²) in [7, 11) is 3.20. The van der Waals surface area contributed by atoms with Gasteiger partial charge in [0.2, 0.25) is 0 Å². The van der Waals surface area contributed by atoms with Gasteiger partial charge in [-0.25, -0.2) is 0 Å². The summed E-state index contributed by atoms with van der Waals surface area (Å²) in [6.07, 6.45) is 2.41. The van der Waals surface area contributed by atoms with E-state index in [0.717, 1.165) is 18.7 Å². The Hall–Kier alpha value is -2.53. The molecule has 0 unspecified atom stereocenters. The molecule has 2 N–H and O–H groups in total. The molecular weight excluding hydrogens is 328 g/mol. The zero-order valence-electron chi connectivity index (χ0n) is 15.4. The van der Waals surface area contributed by atoms with Gasteiger partial charge in [-0.3, -0.25) is 4.79 Å². The Morgan fingerprint density at radius 2 is 1.88 bits per heavy atom. The van der Waals surface area contributed by atoms with Crippen molar-refractivity contribution in [3.63, 3.8) is 0 Å². The first-order chi connectivity index (χ1) is 12.7. The fourth-order valence-electron chi connectivity index (χ4n) is 3.32. The molecule has 2 aromatic carbocycles. The highest BCUT2D eigenvalue weighted by atomic mass is 16.5. The maximum absolute atomic E-state index is 12.4. The standard InChI is InChI=1S/C21H26N2O3/c1-25-19-10-5-15(12-20(19)26-2)13-23-21(24)17-8-6-16(7-9-17)18-4-3-11-22-14-18/h5-10,12,18,22H,3-4,11,13-14H2,1-2H3,(H,23,24)/t18-/m1/s1. The molecule has 2 aromatic rings. The molecule has 1 aliphatic heterocycles. The summed E-state index contributed by atoms with van der Waals surface area (Å²) in [5.41, 5.74) is 2.94. The summed E-state index contributed by atoms with van der Waals surface area (Å²) in [6.45, 7) is 2.56. The van der Waals surface area contributed by atoms with E-state index in [1.165, 1.54) is 18.4 Å². The molecule has 3 rings (SSSR count). The number of rotatable bonds is 6. The van der Waals surface area contributed by atoms with E-state index in [2.05, 4.69) is 22.8 Å². The van der Waals surface area contributed by atoms with Crippen LogP contribution in [0.15, 0.2) is 42.5 Å². The monoisotopic (exact) mass is 354 g/mol. The Morgan fingerprint density at radius 1 is 1.12 bits per heavy atom. The smallest absolute Gasteiger partial charge is 0.251 e. The minimum Gasteiger partial charge on any atom is -0.493 e. The first-order valence-corrected chi connectivity index (χ1v) is 9.01. The Bertz CT molecular complexity index is 737. The predicted molar refractivity (Wildman–Crippen MR) is 102 cm³/mol. The second-order valence-corrected chi connectivity index (χ2v) is 6.54. The van der Waals surface area contributed by atoms with Crippen molar-refractivity contribution in [1.82, 2.24) is 10.6 Å². The van der Waals surface area contributed by atoms with Crippen molar-refractivity contribution in [2.24, 2.45) is 0 Å². The van der Waals surface area contributed by atoms with Gasteiger partial charge in [0.25, 0.3) is 5.91 Å². The summed E-state index contributed by atoms with van der Waals surface area (Å²) in [6, 6.07) is 13.6. The van der Waals surface area contributed by atoms with Gasteiger partial charge in [0, 0.05) is 18.7 Å². The molecule has 138 valence electrons. The number of amides is 1. The normalized spacial score (nSPS) is 16.8. The van der Waals surface area contributed by atoms with Crippen LogP contribution in [0.25, 0.3) is 0 Å². The molecule has 1 heterocycles. The van der Waals surface area contributed by atoms with E-state index in [1.807, 2.05) is 30.3 Å². The lowest BCUT2D eigenvalue weighted by atomic mass is 9.91. The van der Waals surface area contributed by atoms with Crippen molar-refractivity contribution >= 4 is 5.91 Å². The molecule has 0 aliphatic carbocycles. The lowest BCUT2D eigenvalue weighted by Crippen LogP contribution is -2.28. The first-order valence-electron chi connectivity index (χ1n) is 9.01. The number of methoxy groups -OCH3 is 2. The summed E-state index contributed by atoms with van der Waals surface area (Å²) >= 11 is 0. The molecular formula is C21H26N2O3. The molecule has 0 spiro atoms. The first kappa shape index (κ1) is 18.3. The number of carbonyl (C=O) groups is 1. The summed E-state index contributed by atoms with van der Waals surface area (Å²) in [5.74, 6) is 1.81. The van der Waals surface area contributed by atoms with Crippen molar-refractivity contribution in [2.75, 3.05) is 27.3 Å². The molecule has 0 saturated carbocycles. The predicted octanol–water partition coefficient (Wildman–Crippen LogP) is 3.10. The molecule has 5 heteroatoms. The fraction of sp³-hybridized carbons (Fsp3) is 0.381. The lowest BCUT2D eigenvalue weighted by Gasteiger charge is -2.23. The average molecular weight is 354 g/mol. The van der Waals surface area contributed by atoms with Gasteiger partial charge in [0.1, 0.15) is 0 Å². The summed E-state index contributed by atoms with van der Waals surface area (Å²) < 4.78 is 10.5. The molecule has 0 bridgehead atoms. The topological polar surface area (TPSA) is 59.6 Å². The highest BCUT2D eigenvalue weighted by molar-refractivity contribution is 5.94. The number of hydrogen-bond acceptors (Lipinski definition) is 4. The van der Waals surface area contributed by atoms with Gasteiger partial charge >= 0.3 is 0 Å². The van der Waals surface area contributed by atoms with Gasteiger partial charge in [-0.05, 0) is 60.7 Å². The highest BCUT2D eigenvalue weighted by Gasteiger charge is 2.15. The van der Waals surface area contributed by atoms with Crippen LogP contribution in [0.1, 0.15) is 40.2 Å². The molecule has 1 fully saturated rings. The number of ether oxygens (including phenoxy) is 2. The largest absolute Gasteiger partial charge is 0.493 e. The highest BCUT2D eigenvalue weighted by Crippen LogP contribution is 2.27. The summed E-state index contributed by atoms with van der Waals surface area (Å²) in [5, 5.41) is 6.38. The van der Waals surface area contributed by atoms with E-state index >= 15 is 0 Å². The van der Waals surface area contributed by atoms with E-state index in [0.29, 0.717) is 29.5 Å². The second-order valence-electron chi connectivity index (χ2n) is 6.54. The third-order valence-corrected chi connectivity index (χ3v) is 4.84. The average Bonchev–Trinajstić information content (AvgIpc) is 2.72. The Morgan fingerprint density at radius 3 is 2.54 bits per heavy atom. The van der Waals surface area contributed by atoms with Gasteiger partial charge in [0.15, 0.2) is 11.5 Å². The third kappa shape index (κ3) is 4.35. The molecule has 1 saturated heterocycles. The van der Waals surface area contributed by atoms with Crippen molar-refractivity contribution in [3.8, 4) is 11.5 Å². The van der Waals surface area contributed by atoms with Crippen LogP contribution < -0.4 is 20.1 Å². The Balaban J connectivity index is 1.59. The van der Waals surface area contributed by atoms with E-state index in [-0.39, 0.29) is 5.91 Å². The molecule has 1 aliphatic rings. The molecule has 1 atom stereocenters. The van der Waals surface area contributed by atoms with Crippen LogP contribution in [-0.4, -0.2) is 33.2 Å². The van der Waals surface area contributed by atoms with E-state index in [4.69, 9.17) is 9.47 Å². The zero-order valence-corrected chi connectivity index (χ0v) is 15.4. The number of carbonyl (C=O) groups excluding carboxylic acids is 1. The molecule has 1 amide bonds. The van der Waals surface area contributed by atoms with Crippen LogP contribution in [0.4, 0.5) is 0 Å². The Labute approximate surface area is 154 Å². The minimum atomic E-state index is -0.0758. The molecule has 26 heavy (non-hydrogen) atoms. The third-order valence-electron chi connectivity index (χ3n) is 4.84. The maximum Gasteiger partial charge on any atom is 0.251 e. The second kappa shape index (κ2) is 8.72. The number of hydrogen-bond donors (Lipinski definition) is 2. The van der Waals surface area contributed by atoms with Gasteiger partial charge in [-0.1, -0.05) is 18.2 Å². The van der Waals surface area contributed by atoms with E-state index < -0.39 is 0 Å². The molecule has 0 aromatic heterocycles. The molecule has 0 radical (unpaired) electrons. The van der Waals surface area contributed by atoms with Crippen LogP contribution in [-0.2, 0) is 6.54 Å². The van der Waals surface area contributed by atoms with Gasteiger partial charge in [-0.2, -0.15) is 0 Å². The van der Waals surface area contributed by atoms with Crippen LogP contribution in [0, 0.1) is 0 Å². The van der Waals surface area contributed by atoms with Crippen molar-refractivity contribution in [1.29, 1.82) is 0 Å². The van der Waals surface area contributed by atoms with Crippen LogP contribution in [0.3, 0.4) is 0 Å². The lowest BCUT2D eigenvalue weighted by molar-refractivity contribution is 0.0951. The van der Waals surface area contributed by atoms with Crippen LogP contribution in [0.5, 0.6) is 11.5 Å². The molecule has 5 nitrogen and oxygen atoms in total. The van der Waals surface area contributed by atoms with Crippen molar-refractivity contribution < 1.29 is 14.3 Å². The fourth-order valence-corrected chi connectivity index (χ4v) is 3.32. The van der Waals surface area contributed by atoms with E-state index in [1.54, 1.807) is 14.2 Å². The van der Waals surface area contributed by atoms with Crippen LogP contribution >= 0.6 is 0 Å².